The number of aromatic amines is 1. The van der Waals surface area contributed by atoms with Crippen LogP contribution in [0.3, 0.4) is 0 Å². The Morgan fingerprint density at radius 1 is 1.10 bits per heavy atom. The van der Waals surface area contributed by atoms with Gasteiger partial charge in [-0.05, 0) is 100 Å². The summed E-state index contributed by atoms with van der Waals surface area (Å²) in [5.74, 6) is 1.92. The summed E-state index contributed by atoms with van der Waals surface area (Å²) in [6, 6.07) is 13.2. The molecule has 1 N–H and O–H groups in total. The van der Waals surface area contributed by atoms with Crippen molar-refractivity contribution in [3.05, 3.63) is 47.5 Å². The van der Waals surface area contributed by atoms with E-state index in [1.165, 1.54) is 67.7 Å². The van der Waals surface area contributed by atoms with Gasteiger partial charge in [-0.3, -0.25) is 0 Å². The predicted octanol–water partition coefficient (Wildman–Crippen LogP) is 5.02. The van der Waals surface area contributed by atoms with Gasteiger partial charge >= 0.3 is 0 Å². The summed E-state index contributed by atoms with van der Waals surface area (Å²) in [4.78, 5) is 13.4. The Hall–Kier alpha value is -2.33. The van der Waals surface area contributed by atoms with Crippen LogP contribution < -0.4 is 4.90 Å². The van der Waals surface area contributed by atoms with Gasteiger partial charge < -0.3 is 14.8 Å². The zero-order valence-corrected chi connectivity index (χ0v) is 17.7. The molecule has 3 heterocycles. The maximum atomic E-state index is 4.86. The third kappa shape index (κ3) is 3.78. The first-order valence-corrected chi connectivity index (χ1v) is 11.2. The molecule has 0 atom stereocenters. The van der Waals surface area contributed by atoms with Crippen molar-refractivity contribution in [1.82, 2.24) is 14.9 Å². The number of likely N-dealkylation sites (tertiary alicyclic amines) is 1. The highest BCUT2D eigenvalue weighted by atomic mass is 15.1. The van der Waals surface area contributed by atoms with E-state index in [1.807, 2.05) is 0 Å². The molecule has 0 saturated carbocycles. The van der Waals surface area contributed by atoms with Gasteiger partial charge in [-0.15, -0.1) is 0 Å². The highest BCUT2D eigenvalue weighted by Crippen LogP contribution is 2.33. The summed E-state index contributed by atoms with van der Waals surface area (Å²) in [5, 5.41) is 0. The van der Waals surface area contributed by atoms with Gasteiger partial charge in [0.15, 0.2) is 0 Å². The Bertz CT molecular complexity index is 997. The molecule has 0 unspecified atom stereocenters. The van der Waals surface area contributed by atoms with Crippen molar-refractivity contribution in [3.63, 3.8) is 0 Å². The molecular weight excluding hydrogens is 356 g/mol. The van der Waals surface area contributed by atoms with E-state index in [-0.39, 0.29) is 0 Å². The SMILES string of the molecule is Cc1cccc2[nH]c(-c3ccc4c(c3)CCN4CCCC3CCN(C)CC3)nc12. The molecule has 3 aromatic rings. The van der Waals surface area contributed by atoms with Crippen LogP contribution in [-0.4, -0.2) is 48.1 Å². The average molecular weight is 389 g/mol. The molecule has 1 saturated heterocycles. The maximum absolute atomic E-state index is 4.86. The van der Waals surface area contributed by atoms with Crippen LogP contribution in [0.1, 0.15) is 36.8 Å². The monoisotopic (exact) mass is 388 g/mol. The number of para-hydroxylation sites is 1. The second kappa shape index (κ2) is 7.83. The maximum Gasteiger partial charge on any atom is 0.138 e. The molecule has 4 heteroatoms. The minimum atomic E-state index is 0.937. The highest BCUT2D eigenvalue weighted by Gasteiger charge is 2.21. The van der Waals surface area contributed by atoms with Gasteiger partial charge in [0.1, 0.15) is 5.82 Å². The predicted molar refractivity (Wildman–Crippen MR) is 122 cm³/mol. The first-order chi connectivity index (χ1) is 14.2. The highest BCUT2D eigenvalue weighted by molar-refractivity contribution is 5.82. The summed E-state index contributed by atoms with van der Waals surface area (Å²) >= 11 is 0. The number of H-pyrrole nitrogens is 1. The van der Waals surface area contributed by atoms with Crippen LogP contribution in [0.15, 0.2) is 36.4 Å². The quantitative estimate of drug-likeness (QED) is 0.666. The standard InChI is InChI=1S/C25H32N4/c1-18-5-3-7-22-24(18)27-25(26-22)21-8-9-23-20(17-21)12-16-29(23)13-4-6-19-10-14-28(2)15-11-19/h3,5,7-9,17,19H,4,6,10-16H2,1-2H3,(H,26,27). The van der Waals surface area contributed by atoms with Crippen molar-refractivity contribution >= 4 is 16.7 Å². The number of piperidine rings is 1. The van der Waals surface area contributed by atoms with E-state index in [0.717, 1.165) is 35.7 Å². The molecule has 0 radical (unpaired) electrons. The van der Waals surface area contributed by atoms with Gasteiger partial charge in [-0.1, -0.05) is 12.1 Å². The molecule has 5 rings (SSSR count). The molecule has 1 fully saturated rings. The molecule has 152 valence electrons. The molecule has 2 aliphatic rings. The van der Waals surface area contributed by atoms with E-state index in [4.69, 9.17) is 4.98 Å². The zero-order chi connectivity index (χ0) is 19.8. The smallest absolute Gasteiger partial charge is 0.138 e. The number of nitrogens with one attached hydrogen (secondary N) is 1. The summed E-state index contributed by atoms with van der Waals surface area (Å²) in [6.07, 6.45) is 6.62. The molecule has 1 aromatic heterocycles. The van der Waals surface area contributed by atoms with E-state index in [2.05, 4.69) is 65.2 Å². The number of rotatable bonds is 5. The molecule has 4 nitrogen and oxygen atoms in total. The third-order valence-corrected chi connectivity index (χ3v) is 6.94. The fourth-order valence-corrected chi connectivity index (χ4v) is 5.08. The minimum Gasteiger partial charge on any atom is -0.371 e. The normalized spacial score (nSPS) is 17.9. The average Bonchev–Trinajstić information content (AvgIpc) is 3.34. The Labute approximate surface area is 173 Å². The fraction of sp³-hybridized carbons (Fsp3) is 0.480. The number of anilines is 1. The van der Waals surface area contributed by atoms with E-state index in [0.29, 0.717) is 0 Å². The van der Waals surface area contributed by atoms with Crippen LogP contribution in [0.2, 0.25) is 0 Å². The third-order valence-electron chi connectivity index (χ3n) is 6.94. The number of aromatic nitrogens is 2. The largest absolute Gasteiger partial charge is 0.371 e. The van der Waals surface area contributed by atoms with Crippen molar-refractivity contribution in [2.45, 2.75) is 39.0 Å². The molecule has 0 aliphatic carbocycles. The summed E-state index contributed by atoms with van der Waals surface area (Å²) in [5.41, 5.74) is 7.53. The number of hydrogen-bond donors (Lipinski definition) is 1. The molecule has 29 heavy (non-hydrogen) atoms. The number of benzene rings is 2. The Balaban J connectivity index is 1.25. The van der Waals surface area contributed by atoms with Crippen molar-refractivity contribution < 1.29 is 0 Å². The Morgan fingerprint density at radius 3 is 2.79 bits per heavy atom. The molecular formula is C25H32N4. The van der Waals surface area contributed by atoms with E-state index in [9.17, 15) is 0 Å². The van der Waals surface area contributed by atoms with Gasteiger partial charge in [0.2, 0.25) is 0 Å². The topological polar surface area (TPSA) is 35.2 Å². The lowest BCUT2D eigenvalue weighted by Crippen LogP contribution is -2.30. The van der Waals surface area contributed by atoms with Crippen LogP contribution in [0.4, 0.5) is 5.69 Å². The van der Waals surface area contributed by atoms with E-state index < -0.39 is 0 Å². The first kappa shape index (κ1) is 18.7. The second-order valence-electron chi connectivity index (χ2n) is 9.03. The molecule has 0 bridgehead atoms. The van der Waals surface area contributed by atoms with Crippen LogP contribution >= 0.6 is 0 Å². The lowest BCUT2D eigenvalue weighted by atomic mass is 9.92. The molecule has 2 aromatic carbocycles. The first-order valence-electron chi connectivity index (χ1n) is 11.2. The summed E-state index contributed by atoms with van der Waals surface area (Å²) in [6.45, 7) is 7.04. The van der Waals surface area contributed by atoms with Gasteiger partial charge in [0.25, 0.3) is 0 Å². The number of aryl methyl sites for hydroxylation is 1. The zero-order valence-electron chi connectivity index (χ0n) is 17.7. The Kier molecular flexibility index (Phi) is 5.04. The van der Waals surface area contributed by atoms with Crippen molar-refractivity contribution in [2.24, 2.45) is 5.92 Å². The summed E-state index contributed by atoms with van der Waals surface area (Å²) < 4.78 is 0. The van der Waals surface area contributed by atoms with E-state index in [1.54, 1.807) is 0 Å². The second-order valence-corrected chi connectivity index (χ2v) is 9.03. The van der Waals surface area contributed by atoms with Gasteiger partial charge in [-0.25, -0.2) is 4.98 Å². The number of hydrogen-bond acceptors (Lipinski definition) is 3. The van der Waals surface area contributed by atoms with Crippen molar-refractivity contribution in [2.75, 3.05) is 38.1 Å². The van der Waals surface area contributed by atoms with Crippen LogP contribution in [0.5, 0.6) is 0 Å². The lowest BCUT2D eigenvalue weighted by Gasteiger charge is -2.29. The lowest BCUT2D eigenvalue weighted by molar-refractivity contribution is 0.211. The van der Waals surface area contributed by atoms with Crippen molar-refractivity contribution in [3.8, 4) is 11.4 Å². The number of imidazole rings is 1. The van der Waals surface area contributed by atoms with Crippen LogP contribution in [0.25, 0.3) is 22.4 Å². The van der Waals surface area contributed by atoms with Crippen LogP contribution in [0, 0.1) is 12.8 Å². The van der Waals surface area contributed by atoms with Gasteiger partial charge in [0, 0.05) is 24.3 Å². The Morgan fingerprint density at radius 2 is 1.97 bits per heavy atom. The summed E-state index contributed by atoms with van der Waals surface area (Å²) in [7, 11) is 2.25. The van der Waals surface area contributed by atoms with Crippen molar-refractivity contribution in [1.29, 1.82) is 0 Å². The van der Waals surface area contributed by atoms with Gasteiger partial charge in [-0.2, -0.15) is 0 Å². The number of fused-ring (bicyclic) bond motifs is 2. The number of nitrogens with zero attached hydrogens (tertiary/aromatic N) is 3. The fourth-order valence-electron chi connectivity index (χ4n) is 5.08. The minimum absolute atomic E-state index is 0.937. The van der Waals surface area contributed by atoms with E-state index >= 15 is 0 Å². The molecule has 0 amide bonds. The van der Waals surface area contributed by atoms with Gasteiger partial charge in [0.05, 0.1) is 11.0 Å². The molecule has 2 aliphatic heterocycles. The van der Waals surface area contributed by atoms with Crippen LogP contribution in [-0.2, 0) is 6.42 Å². The molecule has 0 spiro atoms.